The van der Waals surface area contributed by atoms with Crippen LogP contribution in [0.2, 0.25) is 0 Å². The van der Waals surface area contributed by atoms with Crippen LogP contribution in [0.15, 0.2) is 30.6 Å². The van der Waals surface area contributed by atoms with E-state index in [1.54, 1.807) is 0 Å². The number of nitrogens with one attached hydrogen (secondary N) is 1. The highest BCUT2D eigenvalue weighted by Crippen LogP contribution is 2.36. The van der Waals surface area contributed by atoms with E-state index in [9.17, 15) is 28.1 Å². The summed E-state index contributed by atoms with van der Waals surface area (Å²) in [6, 6.07) is 7.64. The van der Waals surface area contributed by atoms with E-state index in [0.717, 1.165) is 18.1 Å². The number of nitro groups is 1. The third-order valence-corrected chi connectivity index (χ3v) is 4.30. The van der Waals surface area contributed by atoms with Gasteiger partial charge in [0.05, 0.1) is 11.5 Å². The molecule has 0 fully saturated rings. The minimum absolute atomic E-state index is 0.0519. The van der Waals surface area contributed by atoms with Crippen LogP contribution in [0, 0.1) is 24.0 Å². The molecule has 3 aromatic rings. The van der Waals surface area contributed by atoms with E-state index in [2.05, 4.69) is 20.5 Å². The number of amides is 1. The number of carbonyl (C=O) groups excluding carboxylic acids is 1. The molecule has 0 aliphatic rings. The van der Waals surface area contributed by atoms with Crippen molar-refractivity contribution in [2.24, 2.45) is 0 Å². The van der Waals surface area contributed by atoms with Crippen LogP contribution in [0.1, 0.15) is 22.5 Å². The molecule has 0 unspecified atom stereocenters. The molecule has 1 amide bonds. The molecule has 158 valence electrons. The van der Waals surface area contributed by atoms with Gasteiger partial charge in [0.1, 0.15) is 18.6 Å². The van der Waals surface area contributed by atoms with Crippen molar-refractivity contribution in [2.45, 2.75) is 33.1 Å². The van der Waals surface area contributed by atoms with E-state index in [0.29, 0.717) is 11.2 Å². The summed E-state index contributed by atoms with van der Waals surface area (Å²) in [6.45, 7) is 2.77. The molecule has 0 spiro atoms. The molecular weight excluding hydrogens is 407 g/mol. The number of carbonyl (C=O) groups is 1. The summed E-state index contributed by atoms with van der Waals surface area (Å²) in [6.07, 6.45) is -3.63. The zero-order chi connectivity index (χ0) is 22.1. The molecule has 3 rings (SSSR count). The van der Waals surface area contributed by atoms with Gasteiger partial charge in [0.25, 0.3) is 0 Å². The van der Waals surface area contributed by atoms with Crippen molar-refractivity contribution in [3.05, 3.63) is 63.2 Å². The summed E-state index contributed by atoms with van der Waals surface area (Å²) < 4.78 is 41.1. The first kappa shape index (κ1) is 21.0. The first-order valence-corrected chi connectivity index (χ1v) is 8.59. The molecule has 2 heterocycles. The predicted molar refractivity (Wildman–Crippen MR) is 97.6 cm³/mol. The normalized spacial score (nSPS) is 11.5. The van der Waals surface area contributed by atoms with Crippen LogP contribution >= 0.6 is 0 Å². The Bertz CT molecular complexity index is 1100. The maximum absolute atomic E-state index is 13.0. The lowest BCUT2D eigenvalue weighted by molar-refractivity contribution is -0.388. The molecule has 0 saturated heterocycles. The van der Waals surface area contributed by atoms with Crippen molar-refractivity contribution in [2.75, 3.05) is 5.32 Å². The minimum atomic E-state index is -5.02. The second kappa shape index (κ2) is 7.93. The SMILES string of the molecule is Cc1ccccc1Cn1cnc(NC(=O)Cn2nc(C(F)(F)F)c([N+](=O)[O-])c2C)n1. The van der Waals surface area contributed by atoms with Crippen LogP contribution in [-0.4, -0.2) is 35.4 Å². The van der Waals surface area contributed by atoms with Gasteiger partial charge in [0.2, 0.25) is 17.5 Å². The van der Waals surface area contributed by atoms with Gasteiger partial charge in [-0.15, -0.1) is 5.10 Å². The van der Waals surface area contributed by atoms with Crippen molar-refractivity contribution in [3.8, 4) is 0 Å². The summed E-state index contributed by atoms with van der Waals surface area (Å²) in [5.41, 5.74) is -1.18. The number of alkyl halides is 3. The fourth-order valence-electron chi connectivity index (χ4n) is 2.79. The highest BCUT2D eigenvalue weighted by molar-refractivity contribution is 5.88. The van der Waals surface area contributed by atoms with Crippen molar-refractivity contribution in [3.63, 3.8) is 0 Å². The zero-order valence-corrected chi connectivity index (χ0v) is 15.8. The van der Waals surface area contributed by atoms with Crippen LogP contribution < -0.4 is 5.32 Å². The molecule has 30 heavy (non-hydrogen) atoms. The molecule has 0 bridgehead atoms. The van der Waals surface area contributed by atoms with E-state index in [1.165, 1.54) is 11.0 Å². The molecule has 1 aromatic carbocycles. The van der Waals surface area contributed by atoms with E-state index >= 15 is 0 Å². The molecular formula is C17H16F3N7O3. The average Bonchev–Trinajstić information content (AvgIpc) is 3.21. The summed E-state index contributed by atoms with van der Waals surface area (Å²) in [5, 5.41) is 20.6. The van der Waals surface area contributed by atoms with Gasteiger partial charge in [0.15, 0.2) is 0 Å². The summed E-state index contributed by atoms with van der Waals surface area (Å²) in [4.78, 5) is 25.9. The third kappa shape index (κ3) is 4.45. The number of hydrogen-bond acceptors (Lipinski definition) is 6. The Hall–Kier alpha value is -3.77. The van der Waals surface area contributed by atoms with E-state index in [1.807, 2.05) is 31.2 Å². The van der Waals surface area contributed by atoms with Crippen molar-refractivity contribution in [1.82, 2.24) is 24.5 Å². The number of anilines is 1. The highest BCUT2D eigenvalue weighted by atomic mass is 19.4. The van der Waals surface area contributed by atoms with Crippen LogP contribution in [-0.2, 0) is 24.1 Å². The molecule has 0 saturated carbocycles. The van der Waals surface area contributed by atoms with Gasteiger partial charge >= 0.3 is 11.9 Å². The maximum atomic E-state index is 13.0. The number of halogens is 3. The highest BCUT2D eigenvalue weighted by Gasteiger charge is 2.44. The van der Waals surface area contributed by atoms with Gasteiger partial charge in [-0.2, -0.15) is 18.3 Å². The first-order chi connectivity index (χ1) is 14.1. The second-order valence-corrected chi connectivity index (χ2v) is 6.44. The number of aromatic nitrogens is 5. The van der Waals surface area contributed by atoms with Crippen LogP contribution in [0.4, 0.5) is 24.8 Å². The fraction of sp³-hybridized carbons (Fsp3) is 0.294. The Morgan fingerprint density at radius 1 is 1.23 bits per heavy atom. The standard InChI is InChI=1S/C17H16F3N7O3/c1-10-5-3-4-6-12(10)7-25-9-21-16(24-25)22-13(28)8-26-11(2)14(27(29)30)15(23-26)17(18,19)20/h3-6,9H,7-8H2,1-2H3,(H,22,24,28). The number of hydrogen-bond donors (Lipinski definition) is 1. The Morgan fingerprint density at radius 2 is 1.93 bits per heavy atom. The molecule has 10 nitrogen and oxygen atoms in total. The van der Waals surface area contributed by atoms with E-state index < -0.39 is 34.9 Å². The van der Waals surface area contributed by atoms with Gasteiger partial charge in [-0.1, -0.05) is 24.3 Å². The number of rotatable bonds is 6. The largest absolute Gasteiger partial charge is 0.442 e. The number of benzene rings is 1. The topological polar surface area (TPSA) is 121 Å². The molecule has 1 N–H and O–H groups in total. The van der Waals surface area contributed by atoms with Crippen molar-refractivity contribution < 1.29 is 22.9 Å². The lowest BCUT2D eigenvalue weighted by Crippen LogP contribution is -2.21. The Balaban J connectivity index is 1.72. The van der Waals surface area contributed by atoms with Crippen LogP contribution in [0.5, 0.6) is 0 Å². The molecule has 0 radical (unpaired) electrons. The smallest absolute Gasteiger partial charge is 0.292 e. The Morgan fingerprint density at radius 3 is 2.53 bits per heavy atom. The van der Waals surface area contributed by atoms with Crippen molar-refractivity contribution in [1.29, 1.82) is 0 Å². The van der Waals surface area contributed by atoms with Gasteiger partial charge < -0.3 is 0 Å². The Kier molecular flexibility index (Phi) is 5.54. The minimum Gasteiger partial charge on any atom is -0.292 e. The summed E-state index contributed by atoms with van der Waals surface area (Å²) >= 11 is 0. The van der Waals surface area contributed by atoms with E-state index in [4.69, 9.17) is 0 Å². The zero-order valence-electron chi connectivity index (χ0n) is 15.8. The molecule has 0 aliphatic heterocycles. The monoisotopic (exact) mass is 423 g/mol. The summed E-state index contributed by atoms with van der Waals surface area (Å²) in [5.74, 6) is -0.832. The van der Waals surface area contributed by atoms with Gasteiger partial charge in [-0.3, -0.25) is 24.9 Å². The average molecular weight is 423 g/mol. The molecule has 2 aromatic heterocycles. The van der Waals surface area contributed by atoms with Gasteiger partial charge in [0, 0.05) is 0 Å². The number of nitrogens with zero attached hydrogens (tertiary/aromatic N) is 6. The third-order valence-electron chi connectivity index (χ3n) is 4.30. The molecule has 0 aliphatic carbocycles. The molecule has 13 heteroatoms. The van der Waals surface area contributed by atoms with Gasteiger partial charge in [-0.25, -0.2) is 9.67 Å². The predicted octanol–water partition coefficient (Wildman–Crippen LogP) is 2.71. The van der Waals surface area contributed by atoms with Gasteiger partial charge in [-0.05, 0) is 25.0 Å². The Labute approximate surface area is 167 Å². The van der Waals surface area contributed by atoms with Crippen LogP contribution in [0.3, 0.4) is 0 Å². The van der Waals surface area contributed by atoms with Crippen molar-refractivity contribution >= 4 is 17.5 Å². The molecule has 0 atom stereocenters. The maximum Gasteiger partial charge on any atom is 0.442 e. The fourth-order valence-corrected chi connectivity index (χ4v) is 2.79. The lowest BCUT2D eigenvalue weighted by Gasteiger charge is -2.05. The van der Waals surface area contributed by atoms with Crippen LogP contribution in [0.25, 0.3) is 0 Å². The second-order valence-electron chi connectivity index (χ2n) is 6.44. The van der Waals surface area contributed by atoms with E-state index in [-0.39, 0.29) is 11.6 Å². The quantitative estimate of drug-likeness (QED) is 0.481. The lowest BCUT2D eigenvalue weighted by atomic mass is 10.1. The number of aryl methyl sites for hydroxylation is 1. The first-order valence-electron chi connectivity index (χ1n) is 8.59. The summed E-state index contributed by atoms with van der Waals surface area (Å²) in [7, 11) is 0.